The van der Waals surface area contributed by atoms with Gasteiger partial charge in [0, 0.05) is 9.92 Å². The fourth-order valence-electron chi connectivity index (χ4n) is 1.05. The zero-order valence-corrected chi connectivity index (χ0v) is 9.31. The number of rotatable bonds is 3. The third-order valence-electron chi connectivity index (χ3n) is 1.80. The van der Waals surface area contributed by atoms with E-state index in [-0.39, 0.29) is 0 Å². The lowest BCUT2D eigenvalue weighted by Gasteiger charge is -2.05. The minimum absolute atomic E-state index is 0.450. The number of halogens is 1. The van der Waals surface area contributed by atoms with Crippen molar-refractivity contribution >= 4 is 22.4 Å². The molecule has 2 unspecified atom stereocenters. The minimum atomic E-state index is -1.28. The van der Waals surface area contributed by atoms with Gasteiger partial charge < -0.3 is 0 Å². The van der Waals surface area contributed by atoms with Crippen molar-refractivity contribution in [3.05, 3.63) is 29.3 Å². The van der Waals surface area contributed by atoms with Gasteiger partial charge in [-0.15, -0.1) is 0 Å². The first-order valence-electron chi connectivity index (χ1n) is 4.24. The second-order valence-electron chi connectivity index (χ2n) is 2.78. The lowest BCUT2D eigenvalue weighted by molar-refractivity contribution is 0.676. The van der Waals surface area contributed by atoms with Crippen molar-refractivity contribution in [1.82, 2.24) is 0 Å². The van der Waals surface area contributed by atoms with Crippen molar-refractivity contribution < 1.29 is 4.21 Å². The lowest BCUT2D eigenvalue weighted by Crippen LogP contribution is -2.11. The summed E-state index contributed by atoms with van der Waals surface area (Å²) in [5.41, 5.74) is 0. The normalized spacial score (nSPS) is 14.4. The van der Waals surface area contributed by atoms with Gasteiger partial charge in [-0.25, -0.2) is 0 Å². The van der Waals surface area contributed by atoms with Crippen molar-refractivity contribution in [1.29, 1.82) is 5.26 Å². The number of nitrogens with zero attached hydrogens (tertiary/aromatic N) is 1. The molecule has 0 aliphatic carbocycles. The predicted octanol–water partition coefficient (Wildman–Crippen LogP) is 2.75. The van der Waals surface area contributed by atoms with Gasteiger partial charge in [0.1, 0.15) is 5.25 Å². The molecule has 0 N–H and O–H groups in total. The molecular formula is C10H10ClNOS. The van der Waals surface area contributed by atoms with Crippen molar-refractivity contribution in [2.75, 3.05) is 0 Å². The summed E-state index contributed by atoms with van der Waals surface area (Å²) >= 11 is 5.76. The monoisotopic (exact) mass is 227 g/mol. The van der Waals surface area contributed by atoms with Crippen molar-refractivity contribution in [3.8, 4) is 6.07 Å². The molecule has 2 nitrogen and oxygen atoms in total. The molecular weight excluding hydrogens is 218 g/mol. The maximum absolute atomic E-state index is 11.8. The fourth-order valence-corrected chi connectivity index (χ4v) is 2.48. The van der Waals surface area contributed by atoms with E-state index < -0.39 is 16.0 Å². The number of hydrogen-bond donors (Lipinski definition) is 0. The zero-order valence-electron chi connectivity index (χ0n) is 7.74. The van der Waals surface area contributed by atoms with Gasteiger partial charge in [0.15, 0.2) is 0 Å². The largest absolute Gasteiger partial charge is 0.253 e. The maximum atomic E-state index is 11.8. The van der Waals surface area contributed by atoms with E-state index in [9.17, 15) is 4.21 Å². The van der Waals surface area contributed by atoms with Gasteiger partial charge in [-0.3, -0.25) is 4.21 Å². The van der Waals surface area contributed by atoms with Gasteiger partial charge in [-0.2, -0.15) is 5.26 Å². The van der Waals surface area contributed by atoms with Crippen LogP contribution in [0, 0.1) is 11.3 Å². The molecule has 1 rings (SSSR count). The number of benzene rings is 1. The van der Waals surface area contributed by atoms with Gasteiger partial charge >= 0.3 is 0 Å². The fraction of sp³-hybridized carbons (Fsp3) is 0.300. The van der Waals surface area contributed by atoms with Crippen LogP contribution < -0.4 is 0 Å². The highest BCUT2D eigenvalue weighted by Gasteiger charge is 2.15. The van der Waals surface area contributed by atoms with E-state index in [1.54, 1.807) is 24.3 Å². The van der Waals surface area contributed by atoms with Crippen LogP contribution >= 0.6 is 11.6 Å². The van der Waals surface area contributed by atoms with E-state index in [2.05, 4.69) is 0 Å². The molecule has 0 bridgehead atoms. The second-order valence-corrected chi connectivity index (χ2v) is 4.85. The summed E-state index contributed by atoms with van der Waals surface area (Å²) in [4.78, 5) is 0.617. The smallest absolute Gasteiger partial charge is 0.126 e. The molecule has 0 radical (unpaired) electrons. The topological polar surface area (TPSA) is 40.9 Å². The van der Waals surface area contributed by atoms with E-state index in [0.717, 1.165) is 0 Å². The highest BCUT2D eigenvalue weighted by molar-refractivity contribution is 7.86. The molecule has 0 spiro atoms. The molecule has 0 saturated heterocycles. The minimum Gasteiger partial charge on any atom is -0.253 e. The van der Waals surface area contributed by atoms with Crippen LogP contribution in [-0.2, 0) is 10.8 Å². The second kappa shape index (κ2) is 5.14. The third kappa shape index (κ3) is 2.57. The van der Waals surface area contributed by atoms with Crippen LogP contribution in [0.4, 0.5) is 0 Å². The summed E-state index contributed by atoms with van der Waals surface area (Å²) in [6, 6.07) is 8.84. The average Bonchev–Trinajstić information content (AvgIpc) is 2.19. The van der Waals surface area contributed by atoms with E-state index >= 15 is 0 Å². The third-order valence-corrected chi connectivity index (χ3v) is 3.71. The van der Waals surface area contributed by atoms with Crippen molar-refractivity contribution in [3.63, 3.8) is 0 Å². The Balaban J connectivity index is 2.95. The van der Waals surface area contributed by atoms with Gasteiger partial charge in [-0.1, -0.05) is 24.6 Å². The van der Waals surface area contributed by atoms with Crippen molar-refractivity contribution in [2.45, 2.75) is 23.5 Å². The Labute approximate surface area is 91.0 Å². The Morgan fingerprint density at radius 3 is 2.86 bits per heavy atom. The molecule has 4 heteroatoms. The first kappa shape index (κ1) is 11.2. The number of hydrogen-bond acceptors (Lipinski definition) is 2. The standard InChI is InChI=1S/C10H10ClNOS/c1-2-9(7-12)14(13)10-5-3-4-8(11)6-10/h3-6,9H,2H2,1H3. The van der Waals surface area contributed by atoms with Gasteiger partial charge in [-0.05, 0) is 24.6 Å². The van der Waals surface area contributed by atoms with E-state index in [0.29, 0.717) is 16.3 Å². The molecule has 0 aliphatic heterocycles. The van der Waals surface area contributed by atoms with Crippen LogP contribution in [0.25, 0.3) is 0 Å². The van der Waals surface area contributed by atoms with Crippen LogP contribution in [0.5, 0.6) is 0 Å². The summed E-state index contributed by atoms with van der Waals surface area (Å²) < 4.78 is 11.8. The Morgan fingerprint density at radius 1 is 1.64 bits per heavy atom. The molecule has 0 aliphatic rings. The molecule has 0 fully saturated rings. The SMILES string of the molecule is CCC(C#N)S(=O)c1cccc(Cl)c1. The summed E-state index contributed by atoms with van der Waals surface area (Å²) in [6.45, 7) is 1.84. The summed E-state index contributed by atoms with van der Waals surface area (Å²) in [5, 5.41) is 8.85. The average molecular weight is 228 g/mol. The molecule has 0 saturated carbocycles. The highest BCUT2D eigenvalue weighted by atomic mass is 35.5. The molecule has 14 heavy (non-hydrogen) atoms. The summed E-state index contributed by atoms with van der Waals surface area (Å²) in [7, 11) is -1.28. The summed E-state index contributed by atoms with van der Waals surface area (Å²) in [5.74, 6) is 0. The quantitative estimate of drug-likeness (QED) is 0.797. The van der Waals surface area contributed by atoms with E-state index in [1.165, 1.54) is 0 Å². The predicted molar refractivity (Wildman–Crippen MR) is 57.6 cm³/mol. The number of nitriles is 1. The Kier molecular flexibility index (Phi) is 4.12. The Hall–Kier alpha value is -0.850. The van der Waals surface area contributed by atoms with Crippen LogP contribution in [0.15, 0.2) is 29.2 Å². The van der Waals surface area contributed by atoms with E-state index in [4.69, 9.17) is 16.9 Å². The molecule has 0 amide bonds. The molecule has 2 atom stereocenters. The van der Waals surface area contributed by atoms with Crippen molar-refractivity contribution in [2.24, 2.45) is 0 Å². The molecule has 74 valence electrons. The van der Waals surface area contributed by atoms with Gasteiger partial charge in [0.05, 0.1) is 16.9 Å². The first-order valence-corrected chi connectivity index (χ1v) is 5.84. The van der Waals surface area contributed by atoms with Gasteiger partial charge in [0.25, 0.3) is 0 Å². The molecule has 1 aromatic carbocycles. The molecule has 0 aromatic heterocycles. The highest BCUT2D eigenvalue weighted by Crippen LogP contribution is 2.17. The van der Waals surface area contributed by atoms with Gasteiger partial charge in [0.2, 0.25) is 0 Å². The van der Waals surface area contributed by atoms with Crippen LogP contribution in [-0.4, -0.2) is 9.46 Å². The lowest BCUT2D eigenvalue weighted by atomic mass is 10.4. The van der Waals surface area contributed by atoms with Crippen LogP contribution in [0.1, 0.15) is 13.3 Å². The van der Waals surface area contributed by atoms with Crippen LogP contribution in [0.2, 0.25) is 5.02 Å². The maximum Gasteiger partial charge on any atom is 0.126 e. The molecule has 0 heterocycles. The first-order chi connectivity index (χ1) is 6.69. The Bertz CT molecular complexity index is 386. The summed E-state index contributed by atoms with van der Waals surface area (Å²) in [6.07, 6.45) is 0.579. The zero-order chi connectivity index (χ0) is 10.6. The molecule has 1 aromatic rings. The Morgan fingerprint density at radius 2 is 2.36 bits per heavy atom. The van der Waals surface area contributed by atoms with E-state index in [1.807, 2.05) is 13.0 Å². The van der Waals surface area contributed by atoms with Crippen LogP contribution in [0.3, 0.4) is 0 Å².